The molecule has 0 aliphatic heterocycles. The Labute approximate surface area is 144 Å². The summed E-state index contributed by atoms with van der Waals surface area (Å²) in [5.41, 5.74) is 0.990. The third-order valence-electron chi connectivity index (χ3n) is 3.69. The number of aromatic nitrogens is 1. The molecule has 128 valence electrons. The molecule has 1 N–H and O–H groups in total. The lowest BCUT2D eigenvalue weighted by Crippen LogP contribution is -2.22. The summed E-state index contributed by atoms with van der Waals surface area (Å²) in [5.74, 6) is -0.684. The van der Waals surface area contributed by atoms with Gasteiger partial charge in [0.1, 0.15) is 11.6 Å². The first-order valence-electron chi connectivity index (χ1n) is 7.54. The smallest absolute Gasteiger partial charge is 0.338 e. The first-order chi connectivity index (χ1) is 11.9. The number of esters is 1. The maximum Gasteiger partial charge on any atom is 0.338 e. The molecule has 0 aliphatic rings. The molecule has 0 saturated heterocycles. The number of aromatic hydroxyl groups is 1. The second kappa shape index (κ2) is 7.45. The Hall–Kier alpha value is -3.40. The Morgan fingerprint density at radius 2 is 2.04 bits per heavy atom. The maximum absolute atomic E-state index is 11.9. The Bertz CT molecular complexity index is 935. The van der Waals surface area contributed by atoms with Crippen LogP contribution in [-0.2, 0) is 11.8 Å². The normalized spacial score (nSPS) is 10.6. The quantitative estimate of drug-likeness (QED) is 0.679. The van der Waals surface area contributed by atoms with Crippen LogP contribution in [0.5, 0.6) is 5.88 Å². The molecule has 0 fully saturated rings. The van der Waals surface area contributed by atoms with Gasteiger partial charge in [0.15, 0.2) is 0 Å². The molecule has 0 saturated carbocycles. The summed E-state index contributed by atoms with van der Waals surface area (Å²) in [5, 5.41) is 19.3. The van der Waals surface area contributed by atoms with Gasteiger partial charge in [-0.1, -0.05) is 0 Å². The second-order valence-electron chi connectivity index (χ2n) is 5.24. The summed E-state index contributed by atoms with van der Waals surface area (Å²) in [7, 11) is 1.38. The van der Waals surface area contributed by atoms with E-state index in [2.05, 4.69) is 4.99 Å². The molecule has 0 aliphatic carbocycles. The van der Waals surface area contributed by atoms with Crippen LogP contribution in [-0.4, -0.2) is 28.5 Å². The molecule has 25 heavy (non-hydrogen) atoms. The van der Waals surface area contributed by atoms with Crippen molar-refractivity contribution in [2.45, 2.75) is 13.8 Å². The van der Waals surface area contributed by atoms with Gasteiger partial charge in [-0.3, -0.25) is 14.4 Å². The number of nitriles is 1. The van der Waals surface area contributed by atoms with Crippen molar-refractivity contribution in [3.63, 3.8) is 0 Å². The fourth-order valence-corrected chi connectivity index (χ4v) is 2.23. The van der Waals surface area contributed by atoms with E-state index in [1.807, 2.05) is 6.07 Å². The molecule has 2 rings (SSSR count). The van der Waals surface area contributed by atoms with Gasteiger partial charge in [-0.2, -0.15) is 5.26 Å². The molecule has 0 bridgehead atoms. The van der Waals surface area contributed by atoms with Gasteiger partial charge in [0.2, 0.25) is 5.88 Å². The predicted octanol–water partition coefficient (Wildman–Crippen LogP) is 2.20. The first kappa shape index (κ1) is 17.9. The number of rotatable bonds is 4. The SMILES string of the molecule is CCOC(=O)c1ccc(N=Cc2c(C)c(C#N)c(=O)n(C)c2O)cc1. The Kier molecular flexibility index (Phi) is 5.35. The number of hydrogen-bond donors (Lipinski definition) is 1. The van der Waals surface area contributed by atoms with E-state index in [1.54, 1.807) is 38.1 Å². The lowest BCUT2D eigenvalue weighted by molar-refractivity contribution is 0.0526. The van der Waals surface area contributed by atoms with E-state index in [9.17, 15) is 14.7 Å². The van der Waals surface area contributed by atoms with E-state index in [1.165, 1.54) is 13.3 Å². The van der Waals surface area contributed by atoms with Gasteiger partial charge in [-0.15, -0.1) is 0 Å². The average molecular weight is 339 g/mol. The topological polar surface area (TPSA) is 105 Å². The summed E-state index contributed by atoms with van der Waals surface area (Å²) in [6.07, 6.45) is 1.38. The van der Waals surface area contributed by atoms with Crippen LogP contribution in [0, 0.1) is 18.3 Å². The van der Waals surface area contributed by atoms with E-state index < -0.39 is 11.5 Å². The van der Waals surface area contributed by atoms with E-state index in [4.69, 9.17) is 10.00 Å². The van der Waals surface area contributed by atoms with Gasteiger partial charge in [-0.05, 0) is 43.7 Å². The zero-order valence-electron chi connectivity index (χ0n) is 14.1. The highest BCUT2D eigenvalue weighted by Gasteiger charge is 2.15. The van der Waals surface area contributed by atoms with Crippen molar-refractivity contribution in [3.05, 3.63) is 56.9 Å². The third-order valence-corrected chi connectivity index (χ3v) is 3.69. The summed E-state index contributed by atoms with van der Waals surface area (Å²) in [6.45, 7) is 3.60. The Morgan fingerprint density at radius 1 is 1.40 bits per heavy atom. The number of hydrogen-bond acceptors (Lipinski definition) is 6. The van der Waals surface area contributed by atoms with Crippen LogP contribution < -0.4 is 5.56 Å². The Morgan fingerprint density at radius 3 is 2.60 bits per heavy atom. The van der Waals surface area contributed by atoms with E-state index in [0.717, 1.165) is 4.57 Å². The van der Waals surface area contributed by atoms with Gasteiger partial charge >= 0.3 is 5.97 Å². The molecule has 0 radical (unpaired) electrons. The molecule has 7 nitrogen and oxygen atoms in total. The number of nitrogens with zero attached hydrogens (tertiary/aromatic N) is 3. The Balaban J connectivity index is 2.37. The molecule has 1 heterocycles. The van der Waals surface area contributed by atoms with Crippen molar-refractivity contribution < 1.29 is 14.6 Å². The molecule has 0 unspecified atom stereocenters. The number of aliphatic imine (C=N–C) groups is 1. The standard InChI is InChI=1S/C18H17N3O4/c1-4-25-18(24)12-5-7-13(8-6-12)20-10-15-11(2)14(9-19)16(22)21(3)17(15)23/h5-8,10,23H,4H2,1-3H3. The molecule has 0 amide bonds. The maximum atomic E-state index is 11.9. The molecule has 1 aromatic carbocycles. The monoisotopic (exact) mass is 339 g/mol. The minimum Gasteiger partial charge on any atom is -0.494 e. The van der Waals surface area contributed by atoms with Crippen LogP contribution >= 0.6 is 0 Å². The lowest BCUT2D eigenvalue weighted by atomic mass is 10.1. The summed E-state index contributed by atoms with van der Waals surface area (Å²) >= 11 is 0. The van der Waals surface area contributed by atoms with Crippen molar-refractivity contribution in [2.75, 3.05) is 6.61 Å². The fourth-order valence-electron chi connectivity index (χ4n) is 2.23. The highest BCUT2D eigenvalue weighted by molar-refractivity contribution is 5.90. The van der Waals surface area contributed by atoms with Gasteiger partial charge in [0.05, 0.1) is 23.4 Å². The number of carbonyl (C=O) groups excluding carboxylic acids is 1. The largest absolute Gasteiger partial charge is 0.494 e. The highest BCUT2D eigenvalue weighted by Crippen LogP contribution is 2.20. The van der Waals surface area contributed by atoms with Crippen LogP contribution in [0.1, 0.15) is 34.0 Å². The van der Waals surface area contributed by atoms with Crippen LogP contribution in [0.3, 0.4) is 0 Å². The fraction of sp³-hybridized carbons (Fsp3) is 0.222. The van der Waals surface area contributed by atoms with Crippen LogP contribution in [0.15, 0.2) is 34.1 Å². The zero-order valence-corrected chi connectivity index (χ0v) is 14.1. The zero-order chi connectivity index (χ0) is 18.6. The molecule has 1 aromatic heterocycles. The second-order valence-corrected chi connectivity index (χ2v) is 5.24. The number of benzene rings is 1. The molecular formula is C18H17N3O4. The van der Waals surface area contributed by atoms with Crippen LogP contribution in [0.25, 0.3) is 0 Å². The lowest BCUT2D eigenvalue weighted by Gasteiger charge is -2.09. The van der Waals surface area contributed by atoms with Gasteiger partial charge in [0, 0.05) is 13.3 Å². The highest BCUT2D eigenvalue weighted by atomic mass is 16.5. The minimum atomic E-state index is -0.562. The van der Waals surface area contributed by atoms with E-state index in [0.29, 0.717) is 23.4 Å². The van der Waals surface area contributed by atoms with Crippen molar-refractivity contribution in [2.24, 2.45) is 12.0 Å². The number of pyridine rings is 1. The molecule has 7 heteroatoms. The molecular weight excluding hydrogens is 322 g/mol. The van der Waals surface area contributed by atoms with Gasteiger partial charge in [0.25, 0.3) is 5.56 Å². The van der Waals surface area contributed by atoms with Crippen molar-refractivity contribution in [3.8, 4) is 11.9 Å². The first-order valence-corrected chi connectivity index (χ1v) is 7.54. The molecule has 0 spiro atoms. The third kappa shape index (κ3) is 3.58. The van der Waals surface area contributed by atoms with Crippen LogP contribution in [0.4, 0.5) is 5.69 Å². The van der Waals surface area contributed by atoms with Crippen molar-refractivity contribution >= 4 is 17.9 Å². The van der Waals surface area contributed by atoms with Crippen LogP contribution in [0.2, 0.25) is 0 Å². The number of ether oxygens (including phenoxy) is 1. The summed E-state index contributed by atoms with van der Waals surface area (Å²) in [6, 6.07) is 8.26. The van der Waals surface area contributed by atoms with Crippen molar-refractivity contribution in [1.29, 1.82) is 5.26 Å². The van der Waals surface area contributed by atoms with Gasteiger partial charge in [-0.25, -0.2) is 4.79 Å². The number of carbonyl (C=O) groups is 1. The van der Waals surface area contributed by atoms with Gasteiger partial charge < -0.3 is 9.84 Å². The summed E-state index contributed by atoms with van der Waals surface area (Å²) in [4.78, 5) is 27.8. The molecule has 0 atom stereocenters. The van der Waals surface area contributed by atoms with E-state index >= 15 is 0 Å². The van der Waals surface area contributed by atoms with E-state index in [-0.39, 0.29) is 17.0 Å². The predicted molar refractivity (Wildman–Crippen MR) is 92.5 cm³/mol. The summed E-state index contributed by atoms with van der Waals surface area (Å²) < 4.78 is 5.90. The van der Waals surface area contributed by atoms with Crippen molar-refractivity contribution in [1.82, 2.24) is 4.57 Å². The average Bonchev–Trinajstić information content (AvgIpc) is 2.61. The minimum absolute atomic E-state index is 0.0422. The molecule has 2 aromatic rings.